The molecule has 2 aromatic heterocycles. The largest absolute Gasteiger partial charge is 0.489 e. The molecular weight excluding hydrogens is 598 g/mol. The van der Waals surface area contributed by atoms with Crippen molar-refractivity contribution in [3.63, 3.8) is 0 Å². The SMILES string of the molecule is N=C(N)c1ccc(OC[C@H](O/N=C(\C(=O)C[C@@H]2C(=O)N(S(=O)(=O)O)[C@@H]2Cn2nccn2)c2csc(N)n2)C(=O)O)cc1. The molecule has 4 rings (SSSR count). The molecule has 1 aromatic carbocycles. The average Bonchev–Trinajstić information content (AvgIpc) is 3.60. The molecule has 42 heavy (non-hydrogen) atoms. The first-order chi connectivity index (χ1) is 19.8. The molecule has 7 N–H and O–H groups in total. The second-order valence-corrected chi connectivity index (χ2v) is 10.9. The highest BCUT2D eigenvalue weighted by Crippen LogP contribution is 2.33. The summed E-state index contributed by atoms with van der Waals surface area (Å²) in [6.45, 7) is -0.794. The molecule has 222 valence electrons. The van der Waals surface area contributed by atoms with Crippen molar-refractivity contribution in [2.24, 2.45) is 16.8 Å². The van der Waals surface area contributed by atoms with Gasteiger partial charge in [-0.15, -0.1) is 11.3 Å². The Balaban J connectivity index is 1.52. The van der Waals surface area contributed by atoms with Gasteiger partial charge < -0.3 is 26.1 Å². The highest BCUT2D eigenvalue weighted by molar-refractivity contribution is 7.84. The van der Waals surface area contributed by atoms with Gasteiger partial charge in [0.1, 0.15) is 23.9 Å². The van der Waals surface area contributed by atoms with Crippen molar-refractivity contribution in [1.82, 2.24) is 24.3 Å². The molecule has 1 saturated heterocycles. The molecule has 3 heterocycles. The van der Waals surface area contributed by atoms with Crippen molar-refractivity contribution in [2.75, 3.05) is 12.3 Å². The summed E-state index contributed by atoms with van der Waals surface area (Å²) in [7, 11) is -4.95. The van der Waals surface area contributed by atoms with Crippen LogP contribution in [0.1, 0.15) is 17.7 Å². The van der Waals surface area contributed by atoms with Crippen molar-refractivity contribution in [3.05, 3.63) is 53.3 Å². The lowest BCUT2D eigenvalue weighted by Gasteiger charge is -2.43. The number of carbonyl (C=O) groups excluding carboxylic acids is 2. The Bertz CT molecular complexity index is 1620. The van der Waals surface area contributed by atoms with Gasteiger partial charge in [0.15, 0.2) is 16.6 Å². The summed E-state index contributed by atoms with van der Waals surface area (Å²) in [6.07, 6.45) is 0.330. The molecule has 0 radical (unpaired) electrons. The van der Waals surface area contributed by atoms with Crippen LogP contribution in [0.3, 0.4) is 0 Å². The van der Waals surface area contributed by atoms with Crippen LogP contribution < -0.4 is 16.2 Å². The summed E-state index contributed by atoms with van der Waals surface area (Å²) in [6, 6.07) is 4.72. The molecule has 1 aliphatic rings. The van der Waals surface area contributed by atoms with Gasteiger partial charge >= 0.3 is 16.3 Å². The van der Waals surface area contributed by atoms with E-state index in [2.05, 4.69) is 20.3 Å². The normalized spacial score (nSPS) is 17.8. The molecule has 0 aliphatic carbocycles. The van der Waals surface area contributed by atoms with Crippen molar-refractivity contribution in [1.29, 1.82) is 5.41 Å². The number of β-lactam (4-membered cyclic amide) rings is 1. The minimum Gasteiger partial charge on any atom is -0.489 e. The first kappa shape index (κ1) is 30.0. The second-order valence-electron chi connectivity index (χ2n) is 8.69. The lowest BCUT2D eigenvalue weighted by molar-refractivity contribution is -0.152. The summed E-state index contributed by atoms with van der Waals surface area (Å²) in [5.74, 6) is -4.53. The molecule has 20 heteroatoms. The third-order valence-electron chi connectivity index (χ3n) is 5.91. The van der Waals surface area contributed by atoms with Crippen LogP contribution in [-0.4, -0.2) is 90.3 Å². The molecule has 1 fully saturated rings. The highest BCUT2D eigenvalue weighted by atomic mass is 32.2. The van der Waals surface area contributed by atoms with Crippen LogP contribution in [0.4, 0.5) is 5.13 Å². The maximum absolute atomic E-state index is 13.3. The maximum Gasteiger partial charge on any atom is 0.362 e. The van der Waals surface area contributed by atoms with Crippen molar-refractivity contribution >= 4 is 56.0 Å². The van der Waals surface area contributed by atoms with E-state index in [9.17, 15) is 32.5 Å². The fourth-order valence-electron chi connectivity index (χ4n) is 3.89. The number of anilines is 1. The Morgan fingerprint density at radius 3 is 2.43 bits per heavy atom. The molecule has 0 spiro atoms. The molecule has 18 nitrogen and oxygen atoms in total. The maximum atomic E-state index is 13.3. The number of benzene rings is 1. The standard InChI is InChI=1S/C22H23N9O9S2/c23-19(24)11-1-3-12(4-2-11)39-9-17(21(34)35)40-29-18(14-10-41-22(25)28-14)16(32)7-13-15(8-30-26-5-6-27-30)31(20(13)33)42(36,37)38/h1-6,10,13,15,17H,7-9H2,(H3,23,24)(H2,25,28)(H,34,35)(H,36,37,38)/b29-18-/t13-,15+,17-/m0/s1. The Morgan fingerprint density at radius 1 is 1.21 bits per heavy atom. The molecule has 3 aromatic rings. The number of ketones is 1. The van der Waals surface area contributed by atoms with E-state index in [-0.39, 0.29) is 33.3 Å². The number of amides is 1. The summed E-state index contributed by atoms with van der Waals surface area (Å²) in [5, 5.41) is 29.8. The Labute approximate surface area is 240 Å². The van der Waals surface area contributed by atoms with Crippen LogP contribution in [-0.2, 0) is 36.1 Å². The van der Waals surface area contributed by atoms with E-state index in [0.29, 0.717) is 5.56 Å². The monoisotopic (exact) mass is 621 g/mol. The van der Waals surface area contributed by atoms with Gasteiger partial charge in [-0.1, -0.05) is 5.16 Å². The Morgan fingerprint density at radius 2 is 1.88 bits per heavy atom. The van der Waals surface area contributed by atoms with E-state index in [1.54, 1.807) is 0 Å². The van der Waals surface area contributed by atoms with Gasteiger partial charge in [0.25, 0.3) is 6.10 Å². The Kier molecular flexibility index (Phi) is 8.78. The van der Waals surface area contributed by atoms with Crippen LogP contribution in [0, 0.1) is 11.3 Å². The molecule has 3 atom stereocenters. The molecule has 0 unspecified atom stereocenters. The van der Waals surface area contributed by atoms with Crippen LogP contribution in [0.5, 0.6) is 5.75 Å². The van der Waals surface area contributed by atoms with Crippen molar-refractivity contribution < 1.29 is 42.0 Å². The molecule has 0 saturated carbocycles. The number of ether oxygens (including phenoxy) is 1. The van der Waals surface area contributed by atoms with E-state index in [0.717, 1.165) is 16.1 Å². The van der Waals surface area contributed by atoms with Crippen LogP contribution >= 0.6 is 11.3 Å². The first-order valence-electron chi connectivity index (χ1n) is 11.8. The third-order valence-corrected chi connectivity index (χ3v) is 7.53. The van der Waals surface area contributed by atoms with Crippen molar-refractivity contribution in [2.45, 2.75) is 25.1 Å². The predicted molar refractivity (Wildman–Crippen MR) is 144 cm³/mol. The number of rotatable bonds is 14. The number of thiazole rings is 1. The number of aromatic nitrogens is 4. The van der Waals surface area contributed by atoms with Gasteiger partial charge in [-0.3, -0.25) is 19.6 Å². The number of amidine groups is 1. The zero-order chi connectivity index (χ0) is 30.6. The topological polar surface area (TPSA) is 279 Å². The zero-order valence-corrected chi connectivity index (χ0v) is 22.9. The molecular formula is C22H23N9O9S2. The summed E-state index contributed by atoms with van der Waals surface area (Å²) >= 11 is 0.953. The summed E-state index contributed by atoms with van der Waals surface area (Å²) in [5.41, 5.74) is 11.0. The number of hydrogen-bond donors (Lipinski definition) is 5. The number of carboxylic acids is 1. The number of oxime groups is 1. The van der Waals surface area contributed by atoms with Gasteiger partial charge in [-0.2, -0.15) is 23.4 Å². The highest BCUT2D eigenvalue weighted by Gasteiger charge is 2.54. The molecule has 1 aliphatic heterocycles. The quantitative estimate of drug-likeness (QED) is 0.0482. The zero-order valence-electron chi connectivity index (χ0n) is 21.3. The lowest BCUT2D eigenvalue weighted by Crippen LogP contribution is -2.64. The van der Waals surface area contributed by atoms with Crippen LogP contribution in [0.15, 0.2) is 47.2 Å². The number of hydrogen-bond acceptors (Lipinski definition) is 14. The summed E-state index contributed by atoms with van der Waals surface area (Å²) < 4.78 is 38.7. The van der Waals surface area contributed by atoms with E-state index < -0.39 is 64.8 Å². The smallest absolute Gasteiger partial charge is 0.362 e. The van der Waals surface area contributed by atoms with Crippen LogP contribution in [0.25, 0.3) is 0 Å². The minimum absolute atomic E-state index is 0.0533. The van der Waals surface area contributed by atoms with Gasteiger partial charge in [-0.25, -0.2) is 14.1 Å². The molecule has 0 bridgehead atoms. The van der Waals surface area contributed by atoms with E-state index >= 15 is 0 Å². The predicted octanol–water partition coefficient (Wildman–Crippen LogP) is -0.857. The number of nitrogens with zero attached hydrogens (tertiary/aromatic N) is 6. The van der Waals surface area contributed by atoms with E-state index in [1.165, 1.54) is 42.0 Å². The average molecular weight is 622 g/mol. The van der Waals surface area contributed by atoms with Gasteiger partial charge in [0, 0.05) is 17.4 Å². The fourth-order valence-corrected chi connectivity index (χ4v) is 5.35. The van der Waals surface area contributed by atoms with Gasteiger partial charge in [-0.05, 0) is 24.3 Å². The Hall–Kier alpha value is -4.95. The first-order valence-corrected chi connectivity index (χ1v) is 14.1. The number of nitrogens with one attached hydrogen (secondary N) is 1. The van der Waals surface area contributed by atoms with Crippen LogP contribution in [0.2, 0.25) is 0 Å². The lowest BCUT2D eigenvalue weighted by atomic mass is 9.84. The summed E-state index contributed by atoms with van der Waals surface area (Å²) in [4.78, 5) is 48.0. The second kappa shape index (κ2) is 12.3. The minimum atomic E-state index is -4.95. The number of carbonyl (C=O) groups is 3. The molecule has 1 amide bonds. The van der Waals surface area contributed by atoms with E-state index in [4.69, 9.17) is 26.5 Å². The van der Waals surface area contributed by atoms with Crippen molar-refractivity contribution in [3.8, 4) is 5.75 Å². The van der Waals surface area contributed by atoms with Gasteiger partial charge in [0.2, 0.25) is 5.91 Å². The number of nitrogens with two attached hydrogens (primary N) is 2. The number of aliphatic carboxylic acids is 1. The number of Topliss-reactive ketones (excluding diaryl/α,β-unsaturated/α-hetero) is 1. The third kappa shape index (κ3) is 6.85. The fraction of sp³-hybridized carbons (Fsp3) is 0.273. The number of nitrogen functional groups attached to an aromatic ring is 2. The number of carboxylic acid groups (broad SMARTS) is 1. The van der Waals surface area contributed by atoms with Gasteiger partial charge in [0.05, 0.1) is 30.9 Å². The van der Waals surface area contributed by atoms with E-state index in [1.807, 2.05) is 0 Å².